The molecule has 6 nitrogen and oxygen atoms in total. The molecule has 1 amide bonds. The van der Waals surface area contributed by atoms with Crippen molar-refractivity contribution in [3.8, 4) is 0 Å². The molecule has 0 radical (unpaired) electrons. The van der Waals surface area contributed by atoms with Crippen LogP contribution in [0.2, 0.25) is 0 Å². The number of rotatable bonds is 3. The highest BCUT2D eigenvalue weighted by Gasteiger charge is 2.36. The molecule has 3 rings (SSSR count). The molecule has 1 heterocycles. The normalized spacial score (nSPS) is 22.6. The Bertz CT molecular complexity index is 719. The number of allylic oxidation sites excluding steroid dienone is 3. The predicted octanol–water partition coefficient (Wildman–Crippen LogP) is 3.02. The number of carbonyl (C=O) groups is 2. The first kappa shape index (κ1) is 15.1. The second-order valence-electron chi connectivity index (χ2n) is 5.67. The molecule has 0 saturated carbocycles. The van der Waals surface area contributed by atoms with E-state index < -0.39 is 5.97 Å². The molecule has 23 heavy (non-hydrogen) atoms. The summed E-state index contributed by atoms with van der Waals surface area (Å²) in [6.45, 7) is 3.64. The lowest BCUT2D eigenvalue weighted by molar-refractivity contribution is -0.141. The molecule has 0 saturated heterocycles. The van der Waals surface area contributed by atoms with Gasteiger partial charge in [-0.3, -0.25) is 4.79 Å². The molecule has 0 fully saturated rings. The topological polar surface area (TPSA) is 71.3 Å². The van der Waals surface area contributed by atoms with E-state index in [4.69, 9.17) is 4.74 Å². The molecule has 1 aromatic rings. The van der Waals surface area contributed by atoms with Crippen LogP contribution in [-0.2, 0) is 9.53 Å². The Labute approximate surface area is 134 Å². The number of ether oxygens (including phenoxy) is 1. The second-order valence-corrected chi connectivity index (χ2v) is 5.67. The van der Waals surface area contributed by atoms with Gasteiger partial charge in [0.05, 0.1) is 17.2 Å². The van der Waals surface area contributed by atoms with Crippen molar-refractivity contribution in [2.24, 2.45) is 22.2 Å². The molecule has 2 unspecified atom stereocenters. The summed E-state index contributed by atoms with van der Waals surface area (Å²) < 4.78 is 5.17. The van der Waals surface area contributed by atoms with Crippen LogP contribution in [0.3, 0.4) is 0 Å². The summed E-state index contributed by atoms with van der Waals surface area (Å²) in [7, 11) is 0. The number of carbonyl (C=O) groups excluding carboxylic acids is 2. The summed E-state index contributed by atoms with van der Waals surface area (Å²) in [5.74, 6) is -1.03. The minimum Gasteiger partial charge on any atom is -0.439 e. The number of fused-ring (bicyclic) bond motifs is 1. The smallest absolute Gasteiger partial charge is 0.339 e. The van der Waals surface area contributed by atoms with E-state index >= 15 is 0 Å². The van der Waals surface area contributed by atoms with Crippen molar-refractivity contribution in [3.63, 3.8) is 0 Å². The summed E-state index contributed by atoms with van der Waals surface area (Å²) >= 11 is 0. The Morgan fingerprint density at radius 3 is 2.78 bits per heavy atom. The van der Waals surface area contributed by atoms with E-state index in [2.05, 4.69) is 10.3 Å². The molecule has 2 atom stereocenters. The third-order valence-corrected chi connectivity index (χ3v) is 3.92. The maximum absolute atomic E-state index is 12.5. The van der Waals surface area contributed by atoms with E-state index in [1.54, 1.807) is 18.2 Å². The maximum Gasteiger partial charge on any atom is 0.339 e. The van der Waals surface area contributed by atoms with Gasteiger partial charge in [-0.15, -0.1) is 5.11 Å². The number of aryl methyl sites for hydroxylation is 1. The van der Waals surface area contributed by atoms with Crippen LogP contribution in [0, 0.1) is 18.8 Å². The first-order chi connectivity index (χ1) is 11.1. The number of esters is 1. The van der Waals surface area contributed by atoms with Gasteiger partial charge in [0, 0.05) is 0 Å². The molecule has 1 aliphatic carbocycles. The van der Waals surface area contributed by atoms with Gasteiger partial charge >= 0.3 is 5.97 Å². The highest BCUT2D eigenvalue weighted by atomic mass is 16.5. The fraction of sp³-hybridized carbons (Fsp3) is 0.294. The van der Waals surface area contributed by atoms with Crippen molar-refractivity contribution in [2.75, 3.05) is 6.73 Å². The van der Waals surface area contributed by atoms with E-state index in [1.807, 2.05) is 38.1 Å². The SMILES string of the molecule is Cc1ccc(C(=O)OCN2N=NC3=CC=CC(C)C3C2=O)cc1. The van der Waals surface area contributed by atoms with Crippen molar-refractivity contribution in [1.82, 2.24) is 5.01 Å². The van der Waals surface area contributed by atoms with Crippen LogP contribution >= 0.6 is 0 Å². The van der Waals surface area contributed by atoms with Gasteiger partial charge in [-0.05, 0) is 31.1 Å². The van der Waals surface area contributed by atoms with Crippen LogP contribution < -0.4 is 0 Å². The van der Waals surface area contributed by atoms with E-state index in [0.717, 1.165) is 10.6 Å². The molecule has 1 aliphatic heterocycles. The minimum atomic E-state index is -0.495. The summed E-state index contributed by atoms with van der Waals surface area (Å²) in [4.78, 5) is 24.5. The Morgan fingerprint density at radius 1 is 1.30 bits per heavy atom. The second kappa shape index (κ2) is 6.16. The molecule has 1 aromatic carbocycles. The van der Waals surface area contributed by atoms with Gasteiger partial charge in [0.15, 0.2) is 6.73 Å². The van der Waals surface area contributed by atoms with Gasteiger partial charge in [0.2, 0.25) is 0 Å². The zero-order valence-corrected chi connectivity index (χ0v) is 13.0. The van der Waals surface area contributed by atoms with Crippen LogP contribution in [0.4, 0.5) is 0 Å². The molecular weight excluding hydrogens is 294 g/mol. The van der Waals surface area contributed by atoms with Crippen molar-refractivity contribution >= 4 is 11.9 Å². The zero-order valence-electron chi connectivity index (χ0n) is 13.0. The quantitative estimate of drug-likeness (QED) is 0.806. The maximum atomic E-state index is 12.5. The summed E-state index contributed by atoms with van der Waals surface area (Å²) in [6, 6.07) is 7.03. The molecule has 0 N–H and O–H groups in total. The Hall–Kier alpha value is -2.76. The third kappa shape index (κ3) is 3.06. The number of amides is 1. The predicted molar refractivity (Wildman–Crippen MR) is 83.0 cm³/mol. The first-order valence-corrected chi connectivity index (χ1v) is 7.41. The van der Waals surface area contributed by atoms with Gasteiger partial charge in [0.25, 0.3) is 5.91 Å². The molecule has 2 aliphatic rings. The lowest BCUT2D eigenvalue weighted by atomic mass is 9.86. The molecule has 0 bridgehead atoms. The van der Waals surface area contributed by atoms with Crippen molar-refractivity contribution in [1.29, 1.82) is 0 Å². The Morgan fingerprint density at radius 2 is 2.04 bits per heavy atom. The van der Waals surface area contributed by atoms with Crippen molar-refractivity contribution in [2.45, 2.75) is 13.8 Å². The van der Waals surface area contributed by atoms with Crippen molar-refractivity contribution in [3.05, 3.63) is 59.3 Å². The largest absolute Gasteiger partial charge is 0.439 e. The van der Waals surface area contributed by atoms with E-state index in [-0.39, 0.29) is 24.5 Å². The molecule has 0 spiro atoms. The third-order valence-electron chi connectivity index (χ3n) is 3.92. The molecular formula is C17H17N3O3. The van der Waals surface area contributed by atoms with Crippen LogP contribution in [0.1, 0.15) is 22.8 Å². The number of hydrogen-bond acceptors (Lipinski definition) is 5. The van der Waals surface area contributed by atoms with E-state index in [1.165, 1.54) is 0 Å². The standard InChI is InChI=1S/C17H17N3O3/c1-11-6-8-13(9-7-11)17(22)23-10-20-16(21)15-12(2)4-3-5-14(15)18-19-20/h3-9,12,15H,10H2,1-2H3. The van der Waals surface area contributed by atoms with Gasteiger partial charge < -0.3 is 4.74 Å². The van der Waals surface area contributed by atoms with Gasteiger partial charge in [-0.1, -0.05) is 42.0 Å². The zero-order chi connectivity index (χ0) is 16.4. The van der Waals surface area contributed by atoms with Crippen molar-refractivity contribution < 1.29 is 14.3 Å². The number of hydrogen-bond donors (Lipinski definition) is 0. The van der Waals surface area contributed by atoms with E-state index in [0.29, 0.717) is 11.3 Å². The Kier molecular flexibility index (Phi) is 4.06. The van der Waals surface area contributed by atoms with Gasteiger partial charge in [-0.25, -0.2) is 4.79 Å². The minimum absolute atomic E-state index is 0.0389. The van der Waals surface area contributed by atoms with Gasteiger partial charge in [-0.2, -0.15) is 5.01 Å². The highest BCUT2D eigenvalue weighted by Crippen LogP contribution is 2.32. The molecule has 6 heteroatoms. The van der Waals surface area contributed by atoms with Crippen LogP contribution in [-0.4, -0.2) is 23.6 Å². The van der Waals surface area contributed by atoms with E-state index in [9.17, 15) is 9.59 Å². The average molecular weight is 311 g/mol. The first-order valence-electron chi connectivity index (χ1n) is 7.41. The number of nitrogens with zero attached hydrogens (tertiary/aromatic N) is 3. The average Bonchev–Trinajstić information content (AvgIpc) is 2.54. The lowest BCUT2D eigenvalue weighted by Crippen LogP contribution is -2.40. The van der Waals surface area contributed by atoms with Crippen LogP contribution in [0.5, 0.6) is 0 Å². The van der Waals surface area contributed by atoms with Gasteiger partial charge in [0.1, 0.15) is 0 Å². The summed E-state index contributed by atoms with van der Waals surface area (Å²) in [5.41, 5.74) is 2.14. The lowest BCUT2D eigenvalue weighted by Gasteiger charge is -2.30. The number of benzene rings is 1. The fourth-order valence-electron chi connectivity index (χ4n) is 2.55. The molecule has 118 valence electrons. The monoisotopic (exact) mass is 311 g/mol. The van der Waals surface area contributed by atoms with Crippen LogP contribution in [0.15, 0.2) is 58.5 Å². The van der Waals surface area contributed by atoms with Crippen LogP contribution in [0.25, 0.3) is 0 Å². The molecule has 0 aromatic heterocycles. The Balaban J connectivity index is 1.66. The summed E-state index contributed by atoms with van der Waals surface area (Å²) in [6.07, 6.45) is 5.60. The highest BCUT2D eigenvalue weighted by molar-refractivity contribution is 5.89. The fourth-order valence-corrected chi connectivity index (χ4v) is 2.55. The summed E-state index contributed by atoms with van der Waals surface area (Å²) in [5, 5.41) is 8.98.